The van der Waals surface area contributed by atoms with Gasteiger partial charge in [0.2, 0.25) is 0 Å². The maximum atomic E-state index is 12.3. The molecule has 0 atom stereocenters. The van der Waals surface area contributed by atoms with Gasteiger partial charge in [-0.25, -0.2) is 0 Å². The Kier molecular flexibility index (Phi) is 7.57. The number of amides is 1. The average molecular weight is 330 g/mol. The summed E-state index contributed by atoms with van der Waals surface area (Å²) < 4.78 is 0. The van der Waals surface area contributed by atoms with Crippen LogP contribution in [0.25, 0.3) is 0 Å². The molecule has 2 N–H and O–H groups in total. The van der Waals surface area contributed by atoms with Crippen LogP contribution in [0, 0.1) is 5.41 Å². The number of rotatable bonds is 8. The predicted molar refractivity (Wildman–Crippen MR) is 90.3 cm³/mol. The van der Waals surface area contributed by atoms with E-state index < -0.39 is 0 Å². The van der Waals surface area contributed by atoms with Gasteiger partial charge in [-0.2, -0.15) is 0 Å². The van der Waals surface area contributed by atoms with E-state index in [1.807, 2.05) is 18.4 Å². The van der Waals surface area contributed by atoms with E-state index in [1.54, 1.807) is 17.8 Å². The van der Waals surface area contributed by atoms with Crippen molar-refractivity contribution in [2.75, 3.05) is 19.4 Å². The molecule has 0 spiro atoms. The Morgan fingerprint density at radius 2 is 2.05 bits per heavy atom. The fourth-order valence-electron chi connectivity index (χ4n) is 2.35. The van der Waals surface area contributed by atoms with E-state index >= 15 is 0 Å². The monoisotopic (exact) mass is 329 g/mol. The molecule has 0 aliphatic heterocycles. The minimum atomic E-state index is -0.153. The summed E-state index contributed by atoms with van der Waals surface area (Å²) in [4.78, 5) is 13.4. The second kappa shape index (κ2) is 8.66. The predicted octanol–water partition coefficient (Wildman–Crippen LogP) is 3.98. The molecule has 1 aromatic carbocycles. The first-order valence-electron chi connectivity index (χ1n) is 7.24. The Labute approximate surface area is 136 Å². The molecule has 0 bridgehead atoms. The summed E-state index contributed by atoms with van der Waals surface area (Å²) in [6, 6.07) is 5.47. The number of aliphatic hydroxyl groups excluding tert-OH is 1. The molecular weight excluding hydrogens is 306 g/mol. The lowest BCUT2D eigenvalue weighted by Crippen LogP contribution is -2.37. The molecule has 0 radical (unpaired) electrons. The molecule has 0 heterocycles. The van der Waals surface area contributed by atoms with Gasteiger partial charge in [0.25, 0.3) is 5.91 Å². The molecular formula is C16H24ClNO2S. The lowest BCUT2D eigenvalue weighted by Gasteiger charge is -2.31. The summed E-state index contributed by atoms with van der Waals surface area (Å²) in [5, 5.41) is 12.7. The standard InChI is InChI=1S/C16H24ClNO2S/c1-4-16(5-2,8-9-19)11-18-15(20)13-10-12(21-3)6-7-14(13)17/h6-7,10,19H,4-5,8-9,11H2,1-3H3,(H,18,20). The third-order valence-corrected chi connectivity index (χ3v) is 5.24. The highest BCUT2D eigenvalue weighted by atomic mass is 35.5. The first kappa shape index (κ1) is 18.3. The third-order valence-electron chi connectivity index (χ3n) is 4.18. The highest BCUT2D eigenvalue weighted by molar-refractivity contribution is 7.98. The van der Waals surface area contributed by atoms with Crippen molar-refractivity contribution in [3.05, 3.63) is 28.8 Å². The summed E-state index contributed by atoms with van der Waals surface area (Å²) >= 11 is 7.70. The number of benzene rings is 1. The highest BCUT2D eigenvalue weighted by Gasteiger charge is 2.26. The van der Waals surface area contributed by atoms with Gasteiger partial charge in [0.1, 0.15) is 0 Å². The molecule has 0 aliphatic carbocycles. The van der Waals surface area contributed by atoms with Crippen molar-refractivity contribution in [1.82, 2.24) is 5.32 Å². The maximum Gasteiger partial charge on any atom is 0.252 e. The topological polar surface area (TPSA) is 49.3 Å². The van der Waals surface area contributed by atoms with E-state index in [4.69, 9.17) is 11.6 Å². The zero-order valence-electron chi connectivity index (χ0n) is 12.9. The molecule has 0 saturated heterocycles. The fraction of sp³-hybridized carbons (Fsp3) is 0.562. The van der Waals surface area contributed by atoms with Crippen molar-refractivity contribution >= 4 is 29.3 Å². The Morgan fingerprint density at radius 1 is 1.38 bits per heavy atom. The number of carbonyl (C=O) groups excluding carboxylic acids is 1. The molecule has 1 aromatic rings. The van der Waals surface area contributed by atoms with Gasteiger partial charge in [0.05, 0.1) is 10.6 Å². The number of nitrogens with one attached hydrogen (secondary N) is 1. The molecule has 1 rings (SSSR count). The number of aliphatic hydroxyl groups is 1. The zero-order valence-corrected chi connectivity index (χ0v) is 14.5. The summed E-state index contributed by atoms with van der Waals surface area (Å²) in [5.41, 5.74) is 0.460. The molecule has 5 heteroatoms. The van der Waals surface area contributed by atoms with E-state index in [2.05, 4.69) is 19.2 Å². The number of hydrogen-bond donors (Lipinski definition) is 2. The van der Waals surface area contributed by atoms with Gasteiger partial charge < -0.3 is 10.4 Å². The summed E-state index contributed by atoms with van der Waals surface area (Å²) in [6.45, 7) is 4.87. The zero-order chi connectivity index (χ0) is 15.9. The van der Waals surface area contributed by atoms with Gasteiger partial charge in [0, 0.05) is 18.0 Å². The Balaban J connectivity index is 2.81. The van der Waals surface area contributed by atoms with Crippen LogP contribution in [0.15, 0.2) is 23.1 Å². The highest BCUT2D eigenvalue weighted by Crippen LogP contribution is 2.30. The Hall–Kier alpha value is -0.710. The van der Waals surface area contributed by atoms with Gasteiger partial charge in [-0.05, 0) is 49.1 Å². The smallest absolute Gasteiger partial charge is 0.252 e. The van der Waals surface area contributed by atoms with E-state index in [1.165, 1.54) is 0 Å². The molecule has 0 unspecified atom stereocenters. The van der Waals surface area contributed by atoms with Crippen LogP contribution in [-0.2, 0) is 0 Å². The summed E-state index contributed by atoms with van der Waals surface area (Å²) in [6.07, 6.45) is 4.50. The number of thioether (sulfide) groups is 1. The average Bonchev–Trinajstić information content (AvgIpc) is 2.51. The SMILES string of the molecule is CCC(CC)(CCO)CNC(=O)c1cc(SC)ccc1Cl. The lowest BCUT2D eigenvalue weighted by atomic mass is 9.79. The van der Waals surface area contributed by atoms with Crippen molar-refractivity contribution in [2.24, 2.45) is 5.41 Å². The van der Waals surface area contributed by atoms with Gasteiger partial charge in [-0.1, -0.05) is 25.4 Å². The number of carbonyl (C=O) groups is 1. The molecule has 1 amide bonds. The van der Waals surface area contributed by atoms with Crippen LogP contribution in [0.3, 0.4) is 0 Å². The quantitative estimate of drug-likeness (QED) is 0.709. The second-order valence-electron chi connectivity index (χ2n) is 5.21. The molecule has 0 saturated carbocycles. The summed E-state index contributed by atoms with van der Waals surface area (Å²) in [7, 11) is 0. The first-order valence-corrected chi connectivity index (χ1v) is 8.84. The van der Waals surface area contributed by atoms with Crippen LogP contribution >= 0.6 is 23.4 Å². The minimum Gasteiger partial charge on any atom is -0.396 e. The summed E-state index contributed by atoms with van der Waals surface area (Å²) in [5.74, 6) is -0.153. The van der Waals surface area contributed by atoms with Gasteiger partial charge in [-0.15, -0.1) is 11.8 Å². The van der Waals surface area contributed by atoms with Crippen LogP contribution in [-0.4, -0.2) is 30.4 Å². The lowest BCUT2D eigenvalue weighted by molar-refractivity contribution is 0.0907. The normalized spacial score (nSPS) is 11.5. The Morgan fingerprint density at radius 3 is 2.57 bits per heavy atom. The molecule has 21 heavy (non-hydrogen) atoms. The van der Waals surface area contributed by atoms with Gasteiger partial charge in [0.15, 0.2) is 0 Å². The van der Waals surface area contributed by atoms with Crippen molar-refractivity contribution < 1.29 is 9.90 Å². The van der Waals surface area contributed by atoms with E-state index in [0.717, 1.165) is 17.7 Å². The Bertz CT molecular complexity index is 475. The van der Waals surface area contributed by atoms with Crippen LogP contribution in [0.2, 0.25) is 5.02 Å². The molecule has 0 aromatic heterocycles. The largest absolute Gasteiger partial charge is 0.396 e. The second-order valence-corrected chi connectivity index (χ2v) is 6.50. The van der Waals surface area contributed by atoms with E-state index in [9.17, 15) is 9.90 Å². The van der Waals surface area contributed by atoms with Crippen LogP contribution in [0.1, 0.15) is 43.5 Å². The van der Waals surface area contributed by atoms with Crippen molar-refractivity contribution in [3.8, 4) is 0 Å². The molecule has 0 fully saturated rings. The number of hydrogen-bond acceptors (Lipinski definition) is 3. The van der Waals surface area contributed by atoms with Crippen LogP contribution in [0.5, 0.6) is 0 Å². The first-order chi connectivity index (χ1) is 10.0. The molecule has 3 nitrogen and oxygen atoms in total. The van der Waals surface area contributed by atoms with Gasteiger partial charge >= 0.3 is 0 Å². The van der Waals surface area contributed by atoms with Gasteiger partial charge in [-0.3, -0.25) is 4.79 Å². The van der Waals surface area contributed by atoms with Crippen molar-refractivity contribution in [3.63, 3.8) is 0 Å². The van der Waals surface area contributed by atoms with Crippen LogP contribution in [0.4, 0.5) is 0 Å². The van der Waals surface area contributed by atoms with E-state index in [0.29, 0.717) is 23.6 Å². The maximum absolute atomic E-state index is 12.3. The number of halogens is 1. The minimum absolute atomic E-state index is 0.0476. The van der Waals surface area contributed by atoms with Crippen molar-refractivity contribution in [2.45, 2.75) is 38.0 Å². The van der Waals surface area contributed by atoms with Crippen molar-refractivity contribution in [1.29, 1.82) is 0 Å². The fourth-order valence-corrected chi connectivity index (χ4v) is 2.99. The molecule has 0 aliphatic rings. The molecule has 118 valence electrons. The van der Waals surface area contributed by atoms with E-state index in [-0.39, 0.29) is 17.9 Å². The van der Waals surface area contributed by atoms with Crippen LogP contribution < -0.4 is 5.32 Å². The third kappa shape index (κ3) is 4.90.